The van der Waals surface area contributed by atoms with Crippen molar-refractivity contribution < 1.29 is 9.66 Å². The largest absolute Gasteiger partial charge is 0.494 e. The smallest absolute Gasteiger partial charge is 0.296 e. The van der Waals surface area contributed by atoms with Crippen LogP contribution in [0.15, 0.2) is 30.0 Å². The van der Waals surface area contributed by atoms with Gasteiger partial charge in [0.15, 0.2) is 0 Å². The number of ether oxygens (including phenoxy) is 1. The highest BCUT2D eigenvalue weighted by Gasteiger charge is 2.14. The molecule has 0 heterocycles. The predicted octanol–water partition coefficient (Wildman–Crippen LogP) is 2.34. The van der Waals surface area contributed by atoms with Crippen LogP contribution in [0.5, 0.6) is 5.75 Å². The minimum Gasteiger partial charge on any atom is -0.494 e. The van der Waals surface area contributed by atoms with E-state index in [-0.39, 0.29) is 16.9 Å². The highest BCUT2D eigenvalue weighted by molar-refractivity contribution is 5.65. The number of hydrogen-bond acceptors (Lipinski definition) is 6. The Bertz CT molecular complexity index is 580. The molecule has 0 spiro atoms. The van der Waals surface area contributed by atoms with Gasteiger partial charge in [-0.1, -0.05) is 0 Å². The van der Waals surface area contributed by atoms with E-state index in [0.29, 0.717) is 12.4 Å². The quantitative estimate of drug-likeness (QED) is 0.492. The second kappa shape index (κ2) is 6.62. The van der Waals surface area contributed by atoms with Gasteiger partial charge in [-0.25, -0.2) is 0 Å². The number of hydrogen-bond donors (Lipinski definition) is 1. The van der Waals surface area contributed by atoms with E-state index < -0.39 is 4.92 Å². The van der Waals surface area contributed by atoms with Crippen LogP contribution in [-0.2, 0) is 0 Å². The number of benzene rings is 1. The summed E-state index contributed by atoms with van der Waals surface area (Å²) < 4.78 is 5.17. The van der Waals surface area contributed by atoms with Gasteiger partial charge in [0.1, 0.15) is 29.1 Å². The zero-order chi connectivity index (χ0) is 14.3. The number of nitriles is 2. The summed E-state index contributed by atoms with van der Waals surface area (Å²) in [5.41, 5.74) is -0.197. The molecule has 1 aromatic carbocycles. The maximum Gasteiger partial charge on any atom is 0.296 e. The Hall–Kier alpha value is -3.06. The van der Waals surface area contributed by atoms with E-state index in [4.69, 9.17) is 15.3 Å². The summed E-state index contributed by atoms with van der Waals surface area (Å²) in [5.74, 6) is 0.379. The Morgan fingerprint density at radius 3 is 2.74 bits per heavy atom. The van der Waals surface area contributed by atoms with Gasteiger partial charge in [0.25, 0.3) is 5.69 Å². The number of allylic oxidation sites excluding steroid dienone is 1. The third-order valence-corrected chi connectivity index (χ3v) is 2.09. The van der Waals surface area contributed by atoms with Crippen LogP contribution in [0.4, 0.5) is 11.4 Å². The third kappa shape index (κ3) is 3.72. The number of nitro benzene ring substituents is 1. The van der Waals surface area contributed by atoms with Gasteiger partial charge < -0.3 is 10.1 Å². The van der Waals surface area contributed by atoms with Crippen molar-refractivity contribution in [3.8, 4) is 17.9 Å². The lowest BCUT2D eigenvalue weighted by Crippen LogP contribution is -1.99. The van der Waals surface area contributed by atoms with Gasteiger partial charge in [-0.3, -0.25) is 10.1 Å². The zero-order valence-corrected chi connectivity index (χ0v) is 10.1. The Kier molecular flexibility index (Phi) is 4.88. The normalized spacial score (nSPS) is 8.79. The molecule has 0 amide bonds. The van der Waals surface area contributed by atoms with Crippen molar-refractivity contribution in [1.29, 1.82) is 10.5 Å². The van der Waals surface area contributed by atoms with E-state index in [1.54, 1.807) is 25.1 Å². The molecule has 96 valence electrons. The van der Waals surface area contributed by atoms with Crippen LogP contribution in [0.25, 0.3) is 0 Å². The second-order valence-corrected chi connectivity index (χ2v) is 3.30. The Morgan fingerprint density at radius 1 is 1.53 bits per heavy atom. The van der Waals surface area contributed by atoms with Crippen molar-refractivity contribution in [2.24, 2.45) is 0 Å². The number of nitro groups is 1. The van der Waals surface area contributed by atoms with Gasteiger partial charge in [0.05, 0.1) is 17.6 Å². The molecule has 7 heteroatoms. The summed E-state index contributed by atoms with van der Waals surface area (Å²) in [6.07, 6.45) is 1.11. The first-order chi connectivity index (χ1) is 9.12. The van der Waals surface area contributed by atoms with Crippen LogP contribution in [0, 0.1) is 32.8 Å². The third-order valence-electron chi connectivity index (χ3n) is 2.09. The van der Waals surface area contributed by atoms with Gasteiger partial charge >= 0.3 is 0 Å². The summed E-state index contributed by atoms with van der Waals surface area (Å²) >= 11 is 0. The predicted molar refractivity (Wildman–Crippen MR) is 67.2 cm³/mol. The molecule has 0 bridgehead atoms. The number of nitrogens with zero attached hydrogens (tertiary/aromatic N) is 3. The molecule has 7 nitrogen and oxygen atoms in total. The van der Waals surface area contributed by atoms with Gasteiger partial charge in [0.2, 0.25) is 0 Å². The minimum absolute atomic E-state index is 0.177. The number of nitrogens with one attached hydrogen (secondary N) is 1. The molecule has 0 aliphatic carbocycles. The lowest BCUT2D eigenvalue weighted by molar-refractivity contribution is -0.384. The van der Waals surface area contributed by atoms with Crippen molar-refractivity contribution in [1.82, 2.24) is 0 Å². The number of anilines is 1. The van der Waals surface area contributed by atoms with Crippen LogP contribution >= 0.6 is 0 Å². The highest BCUT2D eigenvalue weighted by Crippen LogP contribution is 2.29. The monoisotopic (exact) mass is 258 g/mol. The fraction of sp³-hybridized carbons (Fsp3) is 0.167. The second-order valence-electron chi connectivity index (χ2n) is 3.30. The first kappa shape index (κ1) is 14.0. The molecular formula is C12H10N4O3. The van der Waals surface area contributed by atoms with Crippen molar-refractivity contribution >= 4 is 11.4 Å². The topological polar surface area (TPSA) is 112 Å². The SMILES string of the molecule is CCOc1ccc(NC=C(C#N)C#N)c([N+](=O)[O-])c1. The summed E-state index contributed by atoms with van der Waals surface area (Å²) in [6, 6.07) is 7.58. The summed E-state index contributed by atoms with van der Waals surface area (Å²) in [7, 11) is 0. The molecule has 0 fully saturated rings. The molecule has 0 aliphatic rings. The van der Waals surface area contributed by atoms with E-state index in [1.165, 1.54) is 12.1 Å². The van der Waals surface area contributed by atoms with Gasteiger partial charge in [-0.15, -0.1) is 0 Å². The molecule has 1 rings (SSSR count). The Labute approximate surface area is 109 Å². The fourth-order valence-electron chi connectivity index (χ4n) is 1.28. The first-order valence-corrected chi connectivity index (χ1v) is 5.30. The van der Waals surface area contributed by atoms with E-state index in [2.05, 4.69) is 5.32 Å². The average molecular weight is 258 g/mol. The van der Waals surface area contributed by atoms with Gasteiger partial charge in [-0.05, 0) is 19.1 Å². The molecule has 0 aliphatic heterocycles. The Morgan fingerprint density at radius 2 is 2.21 bits per heavy atom. The van der Waals surface area contributed by atoms with Crippen molar-refractivity contribution in [2.75, 3.05) is 11.9 Å². The summed E-state index contributed by atoms with van der Waals surface area (Å²) in [5, 5.41) is 30.6. The highest BCUT2D eigenvalue weighted by atomic mass is 16.6. The molecule has 1 aromatic rings. The first-order valence-electron chi connectivity index (χ1n) is 5.30. The summed E-state index contributed by atoms with van der Waals surface area (Å²) in [6.45, 7) is 2.17. The molecule has 19 heavy (non-hydrogen) atoms. The molecule has 0 aromatic heterocycles. The maximum atomic E-state index is 10.9. The number of rotatable bonds is 5. The molecule has 0 saturated heterocycles. The minimum atomic E-state index is -0.572. The van der Waals surface area contributed by atoms with Crippen LogP contribution < -0.4 is 10.1 Å². The lowest BCUT2D eigenvalue weighted by atomic mass is 10.2. The van der Waals surface area contributed by atoms with Crippen molar-refractivity contribution in [3.05, 3.63) is 40.1 Å². The molecule has 0 atom stereocenters. The van der Waals surface area contributed by atoms with E-state index in [0.717, 1.165) is 6.20 Å². The Balaban J connectivity index is 3.08. The fourth-order valence-corrected chi connectivity index (χ4v) is 1.28. The van der Waals surface area contributed by atoms with Gasteiger partial charge in [-0.2, -0.15) is 10.5 Å². The van der Waals surface area contributed by atoms with Crippen molar-refractivity contribution in [2.45, 2.75) is 6.92 Å². The van der Waals surface area contributed by atoms with Crippen LogP contribution in [0.3, 0.4) is 0 Å². The molecule has 0 radical (unpaired) electrons. The molecule has 0 saturated carbocycles. The van der Waals surface area contributed by atoms with Gasteiger partial charge in [0, 0.05) is 6.20 Å². The molecule has 0 unspecified atom stereocenters. The van der Waals surface area contributed by atoms with E-state index in [9.17, 15) is 10.1 Å². The van der Waals surface area contributed by atoms with Crippen LogP contribution in [0.2, 0.25) is 0 Å². The van der Waals surface area contributed by atoms with E-state index in [1.807, 2.05) is 0 Å². The van der Waals surface area contributed by atoms with Crippen molar-refractivity contribution in [3.63, 3.8) is 0 Å². The van der Waals surface area contributed by atoms with Crippen LogP contribution in [0.1, 0.15) is 6.92 Å². The average Bonchev–Trinajstić information content (AvgIpc) is 2.41. The maximum absolute atomic E-state index is 10.9. The summed E-state index contributed by atoms with van der Waals surface area (Å²) in [4.78, 5) is 10.3. The molecule has 1 N–H and O–H groups in total. The molecular weight excluding hydrogens is 248 g/mol. The lowest BCUT2D eigenvalue weighted by Gasteiger charge is -2.06. The zero-order valence-electron chi connectivity index (χ0n) is 10.1. The standard InChI is InChI=1S/C12H10N4O3/c1-2-19-10-3-4-11(12(5-10)16(17)18)15-8-9(6-13)7-14/h3-5,8,15H,2H2,1H3. The van der Waals surface area contributed by atoms with Crippen LogP contribution in [-0.4, -0.2) is 11.5 Å². The van der Waals surface area contributed by atoms with E-state index >= 15 is 0 Å².